The molecule has 0 fully saturated rings. The lowest BCUT2D eigenvalue weighted by atomic mass is 10.1. The molecule has 0 saturated heterocycles. The van der Waals surface area contributed by atoms with Crippen LogP contribution < -0.4 is 4.90 Å². The summed E-state index contributed by atoms with van der Waals surface area (Å²) < 4.78 is 6.25. The van der Waals surface area contributed by atoms with E-state index in [-0.39, 0.29) is 0 Å². The molecule has 3 heterocycles. The molecular formula is C15H17BrN4O. The summed E-state index contributed by atoms with van der Waals surface area (Å²) in [4.78, 5) is 15.7. The van der Waals surface area contributed by atoms with Crippen LogP contribution >= 0.6 is 15.9 Å². The first-order chi connectivity index (χ1) is 10.2. The lowest BCUT2D eigenvalue weighted by Gasteiger charge is -2.30. The second-order valence-electron chi connectivity index (χ2n) is 5.11. The van der Waals surface area contributed by atoms with Gasteiger partial charge in [-0.3, -0.25) is 4.98 Å². The smallest absolute Gasteiger partial charge is 0.156 e. The Morgan fingerprint density at radius 3 is 3.05 bits per heavy atom. The molecule has 6 heteroatoms. The summed E-state index contributed by atoms with van der Waals surface area (Å²) in [5, 5.41) is 0. The van der Waals surface area contributed by atoms with Crippen molar-refractivity contribution in [3.8, 4) is 0 Å². The van der Waals surface area contributed by atoms with Crippen molar-refractivity contribution in [2.75, 3.05) is 18.6 Å². The van der Waals surface area contributed by atoms with Crippen molar-refractivity contribution in [3.05, 3.63) is 45.6 Å². The Bertz CT molecular complexity index is 662. The normalized spacial score (nSPS) is 14.1. The Morgan fingerprint density at radius 1 is 1.38 bits per heavy atom. The highest BCUT2D eigenvalue weighted by Crippen LogP contribution is 2.27. The van der Waals surface area contributed by atoms with Gasteiger partial charge >= 0.3 is 0 Å². The van der Waals surface area contributed by atoms with Crippen LogP contribution in [-0.2, 0) is 24.3 Å². The Kier molecular flexibility index (Phi) is 4.17. The number of methoxy groups -OCH3 is 1. The molecule has 0 saturated carbocycles. The van der Waals surface area contributed by atoms with E-state index in [1.165, 1.54) is 11.3 Å². The standard InChI is InChI=1S/C15H17BrN4O/c1-10-7-15(19-14(18-10)9-21-2)20-6-4-13-11(8-20)12(16)3-5-17-13/h3,5,7H,4,6,8-9H2,1-2H3. The highest BCUT2D eigenvalue weighted by molar-refractivity contribution is 9.10. The van der Waals surface area contributed by atoms with Crippen molar-refractivity contribution in [2.45, 2.75) is 26.5 Å². The third-order valence-electron chi connectivity index (χ3n) is 3.54. The summed E-state index contributed by atoms with van der Waals surface area (Å²) in [6.45, 7) is 4.15. The summed E-state index contributed by atoms with van der Waals surface area (Å²) in [7, 11) is 1.66. The van der Waals surface area contributed by atoms with Gasteiger partial charge in [-0.05, 0) is 13.0 Å². The minimum atomic E-state index is 0.435. The molecule has 0 aliphatic carbocycles. The Hall–Kier alpha value is -1.53. The maximum Gasteiger partial charge on any atom is 0.156 e. The largest absolute Gasteiger partial charge is 0.377 e. The molecule has 0 spiro atoms. The number of aryl methyl sites for hydroxylation is 1. The summed E-state index contributed by atoms with van der Waals surface area (Å²) >= 11 is 3.62. The fourth-order valence-corrected chi connectivity index (χ4v) is 3.04. The Morgan fingerprint density at radius 2 is 2.24 bits per heavy atom. The predicted octanol–water partition coefficient (Wildman–Crippen LogP) is 2.65. The number of hydrogen-bond acceptors (Lipinski definition) is 5. The van der Waals surface area contributed by atoms with Crippen LogP contribution in [0, 0.1) is 6.92 Å². The van der Waals surface area contributed by atoms with Crippen LogP contribution in [0.1, 0.15) is 22.8 Å². The molecule has 0 bridgehead atoms. The fourth-order valence-electron chi connectivity index (χ4n) is 2.57. The second-order valence-corrected chi connectivity index (χ2v) is 5.96. The number of anilines is 1. The van der Waals surface area contributed by atoms with Gasteiger partial charge in [0.05, 0.1) is 0 Å². The number of pyridine rings is 1. The molecule has 1 aliphatic rings. The van der Waals surface area contributed by atoms with Crippen molar-refractivity contribution in [2.24, 2.45) is 0 Å². The summed E-state index contributed by atoms with van der Waals surface area (Å²) in [6.07, 6.45) is 2.78. The first-order valence-corrected chi connectivity index (χ1v) is 7.67. The molecule has 21 heavy (non-hydrogen) atoms. The summed E-state index contributed by atoms with van der Waals surface area (Å²) in [5.74, 6) is 1.68. The number of rotatable bonds is 3. The molecule has 5 nitrogen and oxygen atoms in total. The molecule has 0 amide bonds. The van der Waals surface area contributed by atoms with Crippen LogP contribution in [0.25, 0.3) is 0 Å². The van der Waals surface area contributed by atoms with Gasteiger partial charge in [0.1, 0.15) is 12.4 Å². The van der Waals surface area contributed by atoms with Gasteiger partial charge in [-0.15, -0.1) is 0 Å². The fraction of sp³-hybridized carbons (Fsp3) is 0.400. The van der Waals surface area contributed by atoms with E-state index in [2.05, 4.69) is 35.8 Å². The first kappa shape index (κ1) is 14.4. The molecular weight excluding hydrogens is 332 g/mol. The molecule has 0 atom stereocenters. The average molecular weight is 349 g/mol. The zero-order valence-electron chi connectivity index (χ0n) is 12.1. The van der Waals surface area contributed by atoms with Gasteiger partial charge in [0.15, 0.2) is 5.82 Å². The number of hydrogen-bond donors (Lipinski definition) is 0. The molecule has 110 valence electrons. The lowest BCUT2D eigenvalue weighted by Crippen LogP contribution is -2.32. The average Bonchev–Trinajstić information content (AvgIpc) is 2.47. The van der Waals surface area contributed by atoms with Crippen molar-refractivity contribution in [3.63, 3.8) is 0 Å². The van der Waals surface area contributed by atoms with E-state index in [9.17, 15) is 0 Å². The van der Waals surface area contributed by atoms with Gasteiger partial charge in [-0.25, -0.2) is 9.97 Å². The van der Waals surface area contributed by atoms with Crippen LogP contribution in [0.5, 0.6) is 0 Å². The topological polar surface area (TPSA) is 51.1 Å². The minimum Gasteiger partial charge on any atom is -0.377 e. The van der Waals surface area contributed by atoms with Gasteiger partial charge in [0.25, 0.3) is 0 Å². The quantitative estimate of drug-likeness (QED) is 0.853. The van der Waals surface area contributed by atoms with E-state index in [1.807, 2.05) is 25.3 Å². The zero-order valence-corrected chi connectivity index (χ0v) is 13.7. The van der Waals surface area contributed by atoms with Crippen LogP contribution in [0.4, 0.5) is 5.82 Å². The third kappa shape index (κ3) is 3.06. The number of aromatic nitrogens is 3. The maximum absolute atomic E-state index is 5.14. The number of halogens is 1. The third-order valence-corrected chi connectivity index (χ3v) is 4.28. The molecule has 2 aromatic rings. The van der Waals surface area contributed by atoms with Crippen LogP contribution in [-0.4, -0.2) is 28.6 Å². The molecule has 2 aromatic heterocycles. The van der Waals surface area contributed by atoms with Gasteiger partial charge in [-0.1, -0.05) is 15.9 Å². The van der Waals surface area contributed by atoms with Gasteiger partial charge in [-0.2, -0.15) is 0 Å². The van der Waals surface area contributed by atoms with E-state index in [0.29, 0.717) is 6.61 Å². The van der Waals surface area contributed by atoms with E-state index in [0.717, 1.165) is 41.3 Å². The predicted molar refractivity (Wildman–Crippen MR) is 84.2 cm³/mol. The monoisotopic (exact) mass is 348 g/mol. The molecule has 1 aliphatic heterocycles. The number of ether oxygens (including phenoxy) is 1. The van der Waals surface area contributed by atoms with Gasteiger partial charge in [0, 0.05) is 60.3 Å². The Balaban J connectivity index is 1.90. The van der Waals surface area contributed by atoms with Crippen molar-refractivity contribution < 1.29 is 4.74 Å². The highest BCUT2D eigenvalue weighted by Gasteiger charge is 2.21. The van der Waals surface area contributed by atoms with Crippen molar-refractivity contribution in [1.82, 2.24) is 15.0 Å². The van der Waals surface area contributed by atoms with E-state index >= 15 is 0 Å². The first-order valence-electron chi connectivity index (χ1n) is 6.88. The lowest BCUT2D eigenvalue weighted by molar-refractivity contribution is 0.177. The molecule has 0 aromatic carbocycles. The van der Waals surface area contributed by atoms with Crippen molar-refractivity contribution >= 4 is 21.7 Å². The van der Waals surface area contributed by atoms with Crippen LogP contribution in [0.2, 0.25) is 0 Å². The highest BCUT2D eigenvalue weighted by atomic mass is 79.9. The van der Waals surface area contributed by atoms with Gasteiger partial charge < -0.3 is 9.64 Å². The van der Waals surface area contributed by atoms with E-state index in [1.54, 1.807) is 7.11 Å². The van der Waals surface area contributed by atoms with Crippen LogP contribution in [0.3, 0.4) is 0 Å². The molecule has 3 rings (SSSR count). The molecule has 0 unspecified atom stereocenters. The summed E-state index contributed by atoms with van der Waals surface area (Å²) in [5.41, 5.74) is 3.37. The van der Waals surface area contributed by atoms with Gasteiger partial charge in [0.2, 0.25) is 0 Å². The zero-order chi connectivity index (χ0) is 14.8. The van der Waals surface area contributed by atoms with E-state index in [4.69, 9.17) is 4.74 Å². The molecule has 0 N–H and O–H groups in total. The number of fused-ring (bicyclic) bond motifs is 1. The SMILES string of the molecule is COCc1nc(C)cc(N2CCc3nccc(Br)c3C2)n1. The van der Waals surface area contributed by atoms with E-state index < -0.39 is 0 Å². The minimum absolute atomic E-state index is 0.435. The number of nitrogens with zero attached hydrogens (tertiary/aromatic N) is 4. The maximum atomic E-state index is 5.14. The van der Waals surface area contributed by atoms with Crippen LogP contribution in [0.15, 0.2) is 22.8 Å². The van der Waals surface area contributed by atoms with Crippen molar-refractivity contribution in [1.29, 1.82) is 0 Å². The molecule has 0 radical (unpaired) electrons. The summed E-state index contributed by atoms with van der Waals surface area (Å²) in [6, 6.07) is 4.01. The Labute approximate surface area is 132 Å². The second kappa shape index (κ2) is 6.07.